The molecule has 2 heterocycles. The number of rotatable bonds is 6. The molecule has 0 saturated carbocycles. The fraction of sp³-hybridized carbons (Fsp3) is 0.609. The molecule has 1 aliphatic heterocycles. The van der Waals surface area contributed by atoms with Crippen molar-refractivity contribution in [2.24, 2.45) is 23.4 Å². The van der Waals surface area contributed by atoms with Crippen LogP contribution in [0.15, 0.2) is 35.3 Å². The largest absolute Gasteiger partial charge is 0.377 e. The van der Waals surface area contributed by atoms with Gasteiger partial charge in [-0.1, -0.05) is 51.1 Å². The first kappa shape index (κ1) is 22.3. The first-order valence-corrected chi connectivity index (χ1v) is 10.9. The highest BCUT2D eigenvalue weighted by atomic mass is 16.5. The molecule has 1 aromatic carbocycles. The zero-order chi connectivity index (χ0) is 21.6. The van der Waals surface area contributed by atoms with E-state index in [9.17, 15) is 0 Å². The summed E-state index contributed by atoms with van der Waals surface area (Å²) in [4.78, 5) is 4.81. The van der Waals surface area contributed by atoms with Crippen molar-refractivity contribution in [1.29, 1.82) is 0 Å². The highest BCUT2D eigenvalue weighted by Gasteiger charge is 2.35. The number of aromatic nitrogens is 3. The van der Waals surface area contributed by atoms with Gasteiger partial charge in [-0.25, -0.2) is 4.99 Å². The van der Waals surface area contributed by atoms with E-state index < -0.39 is 0 Å². The first-order valence-electron chi connectivity index (χ1n) is 10.9. The Balaban J connectivity index is 1.67. The third kappa shape index (κ3) is 6.05. The molecule has 0 radical (unpaired) electrons. The predicted octanol–water partition coefficient (Wildman–Crippen LogP) is 3.20. The number of nitrogens with zero attached hydrogens (tertiary/aromatic N) is 4. The fourth-order valence-corrected chi connectivity index (χ4v) is 3.93. The molecule has 1 aromatic heterocycles. The molecule has 1 aliphatic rings. The number of benzene rings is 1. The van der Waals surface area contributed by atoms with Gasteiger partial charge in [-0.2, -0.15) is 0 Å². The van der Waals surface area contributed by atoms with E-state index in [4.69, 9.17) is 9.73 Å². The molecule has 0 aliphatic carbocycles. The first-order chi connectivity index (χ1) is 14.3. The second-order valence-electron chi connectivity index (χ2n) is 9.17. The third-order valence-corrected chi connectivity index (χ3v) is 5.69. The molecule has 0 bridgehead atoms. The quantitative estimate of drug-likeness (QED) is 0.563. The Morgan fingerprint density at radius 2 is 1.97 bits per heavy atom. The number of nitrogens with one attached hydrogen (secondary N) is 2. The van der Waals surface area contributed by atoms with Gasteiger partial charge in [0.05, 0.1) is 19.2 Å². The molecular weight excluding hydrogens is 376 g/mol. The Labute approximate surface area is 180 Å². The number of aliphatic imine (C=N–C) groups is 1. The minimum absolute atomic E-state index is 0.123. The molecule has 30 heavy (non-hydrogen) atoms. The summed E-state index contributed by atoms with van der Waals surface area (Å²) in [5, 5.41) is 15.4. The standard InChI is InChI=1S/C23H36N6O/c1-17-27-28-20(29(17)5)16-26-22(24-14-18-10-7-6-8-11-18)25-15-19-12-9-13-30-21(19)23(2,3)4/h6-8,10-11,19,21H,9,12-16H2,1-5H3,(H2,24,25,26). The number of hydrogen-bond donors (Lipinski definition) is 2. The van der Waals surface area contributed by atoms with Crippen LogP contribution in [0.3, 0.4) is 0 Å². The van der Waals surface area contributed by atoms with Crippen molar-refractivity contribution >= 4 is 5.96 Å². The number of guanidine groups is 1. The number of ether oxygens (including phenoxy) is 1. The zero-order valence-corrected chi connectivity index (χ0v) is 19.0. The van der Waals surface area contributed by atoms with Gasteiger partial charge in [0.15, 0.2) is 11.8 Å². The second-order valence-corrected chi connectivity index (χ2v) is 9.17. The van der Waals surface area contributed by atoms with Crippen molar-refractivity contribution in [3.05, 3.63) is 47.5 Å². The normalized spacial score (nSPS) is 20.2. The molecule has 164 valence electrons. The summed E-state index contributed by atoms with van der Waals surface area (Å²) in [7, 11) is 1.98. The molecule has 3 rings (SSSR count). The minimum Gasteiger partial charge on any atom is -0.377 e. The van der Waals surface area contributed by atoms with Crippen molar-refractivity contribution in [1.82, 2.24) is 25.4 Å². The van der Waals surface area contributed by atoms with Crippen molar-refractivity contribution in [2.45, 2.75) is 59.7 Å². The Hall–Kier alpha value is -2.41. The van der Waals surface area contributed by atoms with Crippen LogP contribution in [0.25, 0.3) is 0 Å². The van der Waals surface area contributed by atoms with E-state index in [0.29, 0.717) is 19.0 Å². The maximum Gasteiger partial charge on any atom is 0.191 e. The summed E-state index contributed by atoms with van der Waals surface area (Å²) in [6, 6.07) is 10.3. The van der Waals surface area contributed by atoms with E-state index in [-0.39, 0.29) is 11.5 Å². The van der Waals surface area contributed by atoms with Crippen LogP contribution in [-0.2, 0) is 24.9 Å². The molecule has 7 heteroatoms. The van der Waals surface area contributed by atoms with Crippen LogP contribution in [0.2, 0.25) is 0 Å². The Kier molecular flexibility index (Phi) is 7.48. The van der Waals surface area contributed by atoms with E-state index in [1.807, 2.05) is 36.7 Å². The van der Waals surface area contributed by atoms with Crippen molar-refractivity contribution in [2.75, 3.05) is 13.2 Å². The monoisotopic (exact) mass is 412 g/mol. The van der Waals surface area contributed by atoms with Gasteiger partial charge < -0.3 is 19.9 Å². The summed E-state index contributed by atoms with van der Waals surface area (Å²) in [5.74, 6) is 3.03. The number of hydrogen-bond acceptors (Lipinski definition) is 4. The molecule has 2 N–H and O–H groups in total. The van der Waals surface area contributed by atoms with E-state index in [2.05, 4.69) is 53.7 Å². The molecule has 2 aromatic rings. The predicted molar refractivity (Wildman–Crippen MR) is 120 cm³/mol. The Morgan fingerprint density at radius 1 is 1.20 bits per heavy atom. The lowest BCUT2D eigenvalue weighted by atomic mass is 9.78. The van der Waals surface area contributed by atoms with Gasteiger partial charge >= 0.3 is 0 Å². The van der Waals surface area contributed by atoms with Crippen molar-refractivity contribution in [3.63, 3.8) is 0 Å². The molecule has 2 unspecified atom stereocenters. The third-order valence-electron chi connectivity index (χ3n) is 5.69. The summed E-state index contributed by atoms with van der Waals surface area (Å²) < 4.78 is 8.13. The lowest BCUT2D eigenvalue weighted by Gasteiger charge is -2.40. The molecule has 1 fully saturated rings. The highest BCUT2D eigenvalue weighted by Crippen LogP contribution is 2.33. The van der Waals surface area contributed by atoms with Crippen LogP contribution in [0.4, 0.5) is 0 Å². The van der Waals surface area contributed by atoms with E-state index in [0.717, 1.165) is 37.2 Å². The maximum atomic E-state index is 6.14. The van der Waals surface area contributed by atoms with Crippen LogP contribution in [0, 0.1) is 18.3 Å². The topological polar surface area (TPSA) is 76.4 Å². The molecule has 0 amide bonds. The Bertz CT molecular complexity index is 824. The minimum atomic E-state index is 0.123. The van der Waals surface area contributed by atoms with Crippen LogP contribution in [0.5, 0.6) is 0 Å². The van der Waals surface area contributed by atoms with Crippen LogP contribution in [-0.4, -0.2) is 40.0 Å². The van der Waals surface area contributed by atoms with E-state index >= 15 is 0 Å². The van der Waals surface area contributed by atoms with Crippen molar-refractivity contribution in [3.8, 4) is 0 Å². The summed E-state index contributed by atoms with van der Waals surface area (Å²) in [5.41, 5.74) is 1.30. The van der Waals surface area contributed by atoms with Crippen LogP contribution in [0.1, 0.15) is 50.8 Å². The molecule has 0 spiro atoms. The number of aryl methyl sites for hydroxylation is 1. The second kappa shape index (κ2) is 10.1. The molecule has 7 nitrogen and oxygen atoms in total. The molecular formula is C23H36N6O. The summed E-state index contributed by atoms with van der Waals surface area (Å²) in [6.07, 6.45) is 2.53. The van der Waals surface area contributed by atoms with Gasteiger partial charge in [0.2, 0.25) is 0 Å². The Morgan fingerprint density at radius 3 is 2.63 bits per heavy atom. The average Bonchev–Trinajstić information content (AvgIpc) is 3.05. The lowest BCUT2D eigenvalue weighted by molar-refractivity contribution is -0.0835. The molecule has 2 atom stereocenters. The lowest BCUT2D eigenvalue weighted by Crippen LogP contribution is -2.47. The zero-order valence-electron chi connectivity index (χ0n) is 19.0. The van der Waals surface area contributed by atoms with Gasteiger partial charge in [0, 0.05) is 26.1 Å². The van der Waals surface area contributed by atoms with Crippen LogP contribution >= 0.6 is 0 Å². The average molecular weight is 413 g/mol. The maximum absolute atomic E-state index is 6.14. The van der Waals surface area contributed by atoms with Crippen LogP contribution < -0.4 is 10.6 Å². The van der Waals surface area contributed by atoms with Gasteiger partial charge in [-0.3, -0.25) is 0 Å². The van der Waals surface area contributed by atoms with E-state index in [1.165, 1.54) is 12.0 Å². The summed E-state index contributed by atoms with van der Waals surface area (Å²) >= 11 is 0. The van der Waals surface area contributed by atoms with Gasteiger partial charge in [-0.05, 0) is 30.7 Å². The van der Waals surface area contributed by atoms with Gasteiger partial charge in [0.25, 0.3) is 0 Å². The smallest absolute Gasteiger partial charge is 0.191 e. The molecule has 1 saturated heterocycles. The van der Waals surface area contributed by atoms with Gasteiger partial charge in [-0.15, -0.1) is 10.2 Å². The van der Waals surface area contributed by atoms with Crippen molar-refractivity contribution < 1.29 is 4.74 Å². The van der Waals surface area contributed by atoms with E-state index in [1.54, 1.807) is 0 Å². The fourth-order valence-electron chi connectivity index (χ4n) is 3.93. The van der Waals surface area contributed by atoms with Gasteiger partial charge in [0.1, 0.15) is 5.82 Å². The highest BCUT2D eigenvalue weighted by molar-refractivity contribution is 5.79. The SMILES string of the molecule is Cc1nnc(CNC(=NCc2ccccc2)NCC2CCCOC2C(C)(C)C)n1C. The summed E-state index contributed by atoms with van der Waals surface area (Å²) in [6.45, 7) is 11.6.